The minimum Gasteiger partial charge on any atom is -0.316 e. The Bertz CT molecular complexity index is 610. The Morgan fingerprint density at radius 3 is 2.45 bits per heavy atom. The van der Waals surface area contributed by atoms with Gasteiger partial charge in [0.05, 0.1) is 0 Å². The molecule has 0 bridgehead atoms. The Hall–Kier alpha value is -1.38. The van der Waals surface area contributed by atoms with Crippen LogP contribution in [0.4, 0.5) is 0 Å². The zero-order valence-corrected chi connectivity index (χ0v) is 12.0. The molecule has 2 heteroatoms. The number of benzene rings is 2. The van der Waals surface area contributed by atoms with E-state index in [0.717, 1.165) is 11.8 Å². The van der Waals surface area contributed by atoms with E-state index < -0.39 is 0 Å². The maximum Gasteiger partial charge on any atom is 0.0320 e. The third-order valence-electron chi connectivity index (χ3n) is 5.22. The van der Waals surface area contributed by atoms with E-state index >= 15 is 0 Å². The highest BCUT2D eigenvalue weighted by atomic mass is 15.2. The molecule has 20 heavy (non-hydrogen) atoms. The van der Waals surface area contributed by atoms with Crippen molar-refractivity contribution in [2.24, 2.45) is 11.8 Å². The fourth-order valence-electron chi connectivity index (χ4n) is 3.89. The van der Waals surface area contributed by atoms with Crippen LogP contribution in [-0.2, 0) is 0 Å². The molecule has 2 aromatic carbocycles. The van der Waals surface area contributed by atoms with Gasteiger partial charge < -0.3 is 5.32 Å². The Labute approximate surface area is 120 Å². The van der Waals surface area contributed by atoms with Crippen LogP contribution in [0.5, 0.6) is 0 Å². The average molecular weight is 266 g/mol. The predicted molar refractivity (Wildman–Crippen MR) is 83.8 cm³/mol. The van der Waals surface area contributed by atoms with Crippen LogP contribution in [0.2, 0.25) is 0 Å². The van der Waals surface area contributed by atoms with E-state index in [4.69, 9.17) is 0 Å². The zero-order chi connectivity index (χ0) is 13.5. The average Bonchev–Trinajstić information content (AvgIpc) is 3.07. The molecule has 0 amide bonds. The number of hydrogen-bond acceptors (Lipinski definition) is 2. The van der Waals surface area contributed by atoms with Crippen LogP contribution >= 0.6 is 0 Å². The summed E-state index contributed by atoms with van der Waals surface area (Å²) in [6.07, 6.45) is 0. The third kappa shape index (κ3) is 2.04. The molecule has 2 aromatic rings. The first kappa shape index (κ1) is 12.4. The molecular weight excluding hydrogens is 244 g/mol. The van der Waals surface area contributed by atoms with Gasteiger partial charge in [0.1, 0.15) is 0 Å². The predicted octanol–water partition coefficient (Wildman–Crippen LogP) is 3.05. The molecule has 4 rings (SSSR count). The number of likely N-dealkylation sites (tertiary alicyclic amines) is 1. The first-order valence-corrected chi connectivity index (χ1v) is 7.75. The minimum atomic E-state index is 0.533. The standard InChI is InChI=1S/C18H22N2/c1-13(20-11-17-9-19-10-18(17)12-20)15-7-6-14-4-2-3-5-16(14)8-15/h2-8,13,17-19H,9-12H2,1H3. The molecular formula is C18H22N2. The van der Waals surface area contributed by atoms with E-state index in [1.54, 1.807) is 0 Å². The lowest BCUT2D eigenvalue weighted by molar-refractivity contribution is 0.244. The van der Waals surface area contributed by atoms with Crippen molar-refractivity contribution in [2.75, 3.05) is 26.2 Å². The SMILES string of the molecule is CC(c1ccc2ccccc2c1)N1CC2CNCC2C1. The van der Waals surface area contributed by atoms with E-state index in [0.29, 0.717) is 6.04 Å². The number of rotatable bonds is 2. The number of nitrogens with zero attached hydrogens (tertiary/aromatic N) is 1. The van der Waals surface area contributed by atoms with Crippen LogP contribution in [-0.4, -0.2) is 31.1 Å². The molecule has 104 valence electrons. The van der Waals surface area contributed by atoms with Gasteiger partial charge in [-0.1, -0.05) is 36.4 Å². The lowest BCUT2D eigenvalue weighted by Gasteiger charge is -2.26. The molecule has 2 aliphatic rings. The first-order valence-electron chi connectivity index (χ1n) is 7.75. The second kappa shape index (κ2) is 4.87. The van der Waals surface area contributed by atoms with E-state index in [1.165, 1.54) is 42.5 Å². The van der Waals surface area contributed by atoms with Crippen LogP contribution in [0.15, 0.2) is 42.5 Å². The Balaban J connectivity index is 1.59. The summed E-state index contributed by atoms with van der Waals surface area (Å²) in [5.41, 5.74) is 1.46. The topological polar surface area (TPSA) is 15.3 Å². The van der Waals surface area contributed by atoms with Crippen molar-refractivity contribution < 1.29 is 0 Å². The summed E-state index contributed by atoms with van der Waals surface area (Å²) in [5, 5.41) is 6.22. The van der Waals surface area contributed by atoms with Crippen LogP contribution < -0.4 is 5.32 Å². The van der Waals surface area contributed by atoms with Crippen molar-refractivity contribution in [3.05, 3.63) is 48.0 Å². The minimum absolute atomic E-state index is 0.533. The van der Waals surface area contributed by atoms with E-state index in [-0.39, 0.29) is 0 Å². The van der Waals surface area contributed by atoms with Gasteiger partial charge in [0.15, 0.2) is 0 Å². The summed E-state index contributed by atoms with van der Waals surface area (Å²) in [5.74, 6) is 1.75. The molecule has 2 saturated heterocycles. The Morgan fingerprint density at radius 1 is 1.00 bits per heavy atom. The fourth-order valence-corrected chi connectivity index (χ4v) is 3.89. The second-order valence-corrected chi connectivity index (χ2v) is 6.41. The molecule has 0 saturated carbocycles. The largest absolute Gasteiger partial charge is 0.316 e. The van der Waals surface area contributed by atoms with Gasteiger partial charge >= 0.3 is 0 Å². The van der Waals surface area contributed by atoms with Gasteiger partial charge in [-0.2, -0.15) is 0 Å². The van der Waals surface area contributed by atoms with Crippen molar-refractivity contribution >= 4 is 10.8 Å². The normalized spacial score (nSPS) is 27.9. The molecule has 3 unspecified atom stereocenters. The molecule has 2 fully saturated rings. The Kier molecular flexibility index (Phi) is 3.01. The summed E-state index contributed by atoms with van der Waals surface area (Å²) >= 11 is 0. The number of nitrogens with one attached hydrogen (secondary N) is 1. The highest BCUT2D eigenvalue weighted by Gasteiger charge is 2.37. The van der Waals surface area contributed by atoms with Gasteiger partial charge in [0.2, 0.25) is 0 Å². The first-order chi connectivity index (χ1) is 9.81. The van der Waals surface area contributed by atoms with Gasteiger partial charge in [-0.15, -0.1) is 0 Å². The van der Waals surface area contributed by atoms with Gasteiger partial charge in [0.25, 0.3) is 0 Å². The molecule has 0 spiro atoms. The zero-order valence-electron chi connectivity index (χ0n) is 12.0. The second-order valence-electron chi connectivity index (χ2n) is 6.41. The van der Waals surface area contributed by atoms with Crippen LogP contribution in [0.25, 0.3) is 10.8 Å². The quantitative estimate of drug-likeness (QED) is 0.898. The van der Waals surface area contributed by atoms with Gasteiger partial charge in [-0.05, 0) is 54.3 Å². The van der Waals surface area contributed by atoms with Crippen LogP contribution in [0, 0.1) is 11.8 Å². The monoisotopic (exact) mass is 266 g/mol. The van der Waals surface area contributed by atoms with E-state index in [9.17, 15) is 0 Å². The molecule has 2 nitrogen and oxygen atoms in total. The third-order valence-corrected chi connectivity index (χ3v) is 5.22. The molecule has 2 aliphatic heterocycles. The van der Waals surface area contributed by atoms with Crippen molar-refractivity contribution in [3.8, 4) is 0 Å². The number of fused-ring (bicyclic) bond motifs is 2. The maximum atomic E-state index is 3.52. The van der Waals surface area contributed by atoms with Crippen molar-refractivity contribution in [3.63, 3.8) is 0 Å². The van der Waals surface area contributed by atoms with E-state index in [2.05, 4.69) is 59.6 Å². The molecule has 0 aliphatic carbocycles. The lowest BCUT2D eigenvalue weighted by atomic mass is 10.0. The van der Waals surface area contributed by atoms with Crippen LogP contribution in [0.3, 0.4) is 0 Å². The Morgan fingerprint density at radius 2 is 1.70 bits per heavy atom. The molecule has 0 radical (unpaired) electrons. The maximum absolute atomic E-state index is 3.52. The highest BCUT2D eigenvalue weighted by Crippen LogP contribution is 2.33. The van der Waals surface area contributed by atoms with Crippen molar-refractivity contribution in [1.82, 2.24) is 10.2 Å². The lowest BCUT2D eigenvalue weighted by Crippen LogP contribution is -2.28. The summed E-state index contributed by atoms with van der Waals surface area (Å²) in [4.78, 5) is 2.67. The van der Waals surface area contributed by atoms with Crippen LogP contribution in [0.1, 0.15) is 18.5 Å². The summed E-state index contributed by atoms with van der Waals surface area (Å²) in [6.45, 7) is 7.30. The molecule has 1 N–H and O–H groups in total. The highest BCUT2D eigenvalue weighted by molar-refractivity contribution is 5.83. The molecule has 0 aromatic heterocycles. The molecule has 3 atom stereocenters. The number of hydrogen-bond donors (Lipinski definition) is 1. The summed E-state index contributed by atoms with van der Waals surface area (Å²) in [7, 11) is 0. The van der Waals surface area contributed by atoms with Gasteiger partial charge in [0, 0.05) is 19.1 Å². The smallest absolute Gasteiger partial charge is 0.0320 e. The van der Waals surface area contributed by atoms with E-state index in [1.807, 2.05) is 0 Å². The van der Waals surface area contributed by atoms with Crippen molar-refractivity contribution in [2.45, 2.75) is 13.0 Å². The van der Waals surface area contributed by atoms with Crippen molar-refractivity contribution in [1.29, 1.82) is 0 Å². The fraction of sp³-hybridized carbons (Fsp3) is 0.444. The van der Waals surface area contributed by atoms with Gasteiger partial charge in [-0.3, -0.25) is 4.90 Å². The summed E-state index contributed by atoms with van der Waals surface area (Å²) in [6, 6.07) is 16.1. The summed E-state index contributed by atoms with van der Waals surface area (Å²) < 4.78 is 0. The molecule has 2 heterocycles. The van der Waals surface area contributed by atoms with Gasteiger partial charge in [-0.25, -0.2) is 0 Å².